The number of carbonyl (C=O) groups is 1. The van der Waals surface area contributed by atoms with Crippen molar-refractivity contribution in [1.29, 1.82) is 0 Å². The summed E-state index contributed by atoms with van der Waals surface area (Å²) in [5, 5.41) is 2.92. The van der Waals surface area contributed by atoms with Gasteiger partial charge in [0.2, 0.25) is 5.91 Å². The van der Waals surface area contributed by atoms with E-state index >= 15 is 0 Å². The number of hydrogen-bond donors (Lipinski definition) is 1. The number of nitrogens with one attached hydrogen (secondary N) is 1. The third-order valence-corrected chi connectivity index (χ3v) is 3.76. The summed E-state index contributed by atoms with van der Waals surface area (Å²) in [4.78, 5) is 12.0. The van der Waals surface area contributed by atoms with Crippen molar-refractivity contribution in [3.05, 3.63) is 77.1 Å². The minimum Gasteiger partial charge on any atom is -0.346 e. The number of halogens is 1. The Bertz CT molecular complexity index is 704. The van der Waals surface area contributed by atoms with Gasteiger partial charge in [-0.15, -0.1) is 0 Å². The number of amides is 1. The summed E-state index contributed by atoms with van der Waals surface area (Å²) in [6.07, 6.45) is 4.09. The number of benzene rings is 2. The van der Waals surface area contributed by atoms with Crippen molar-refractivity contribution in [2.75, 3.05) is 0 Å². The van der Waals surface area contributed by atoms with E-state index in [2.05, 4.69) is 43.4 Å². The van der Waals surface area contributed by atoms with Crippen molar-refractivity contribution in [3.63, 3.8) is 0 Å². The maximum Gasteiger partial charge on any atom is 0.244 e. The van der Waals surface area contributed by atoms with E-state index in [1.165, 1.54) is 23.8 Å². The fourth-order valence-corrected chi connectivity index (χ4v) is 2.54. The summed E-state index contributed by atoms with van der Waals surface area (Å²) in [5.41, 5.74) is 3.03. The lowest BCUT2D eigenvalue weighted by atomic mass is 10.00. The molecule has 0 aliphatic heterocycles. The number of carbonyl (C=O) groups excluding carboxylic acids is 1. The van der Waals surface area contributed by atoms with Crippen LogP contribution in [0.15, 0.2) is 54.6 Å². The van der Waals surface area contributed by atoms with Crippen molar-refractivity contribution in [2.24, 2.45) is 5.92 Å². The highest BCUT2D eigenvalue weighted by molar-refractivity contribution is 5.91. The zero-order valence-corrected chi connectivity index (χ0v) is 14.4. The van der Waals surface area contributed by atoms with Crippen LogP contribution in [0.5, 0.6) is 0 Å². The SMILES string of the molecule is CC(C)Cc1ccc([C@@H](C)NC(=O)/C=C/c2cccc(F)c2)cc1. The molecular weight excluding hydrogens is 301 g/mol. The van der Waals surface area contributed by atoms with Gasteiger partial charge in [-0.2, -0.15) is 0 Å². The topological polar surface area (TPSA) is 29.1 Å². The highest BCUT2D eigenvalue weighted by Gasteiger charge is 2.08. The molecule has 2 nitrogen and oxygen atoms in total. The van der Waals surface area contributed by atoms with Crippen LogP contribution >= 0.6 is 0 Å². The van der Waals surface area contributed by atoms with Gasteiger partial charge in [-0.1, -0.05) is 50.2 Å². The highest BCUT2D eigenvalue weighted by Crippen LogP contribution is 2.15. The van der Waals surface area contributed by atoms with E-state index in [1.54, 1.807) is 18.2 Å². The summed E-state index contributed by atoms with van der Waals surface area (Å²) in [7, 11) is 0. The Morgan fingerprint density at radius 3 is 2.46 bits per heavy atom. The summed E-state index contributed by atoms with van der Waals surface area (Å²) >= 11 is 0. The molecule has 0 saturated carbocycles. The first-order valence-electron chi connectivity index (χ1n) is 8.27. The molecule has 24 heavy (non-hydrogen) atoms. The smallest absolute Gasteiger partial charge is 0.244 e. The van der Waals surface area contributed by atoms with Crippen molar-refractivity contribution in [2.45, 2.75) is 33.2 Å². The predicted octanol–water partition coefficient (Wildman–Crippen LogP) is 4.91. The van der Waals surface area contributed by atoms with Crippen LogP contribution in [0.2, 0.25) is 0 Å². The van der Waals surface area contributed by atoms with Gasteiger partial charge in [0.05, 0.1) is 6.04 Å². The highest BCUT2D eigenvalue weighted by atomic mass is 19.1. The summed E-state index contributed by atoms with van der Waals surface area (Å²) in [6.45, 7) is 6.34. The molecule has 1 amide bonds. The van der Waals surface area contributed by atoms with Crippen LogP contribution < -0.4 is 5.32 Å². The fraction of sp³-hybridized carbons (Fsp3) is 0.286. The monoisotopic (exact) mass is 325 g/mol. The molecule has 0 spiro atoms. The molecule has 1 atom stereocenters. The molecule has 0 radical (unpaired) electrons. The maximum atomic E-state index is 13.1. The van der Waals surface area contributed by atoms with E-state index in [0.29, 0.717) is 11.5 Å². The van der Waals surface area contributed by atoms with E-state index in [-0.39, 0.29) is 17.8 Å². The average Bonchev–Trinajstić information content (AvgIpc) is 2.53. The summed E-state index contributed by atoms with van der Waals surface area (Å²) in [5.74, 6) is 0.117. The van der Waals surface area contributed by atoms with E-state index in [1.807, 2.05) is 6.92 Å². The summed E-state index contributed by atoms with van der Waals surface area (Å²) in [6, 6.07) is 14.4. The molecule has 1 N–H and O–H groups in total. The third kappa shape index (κ3) is 5.65. The molecule has 3 heteroatoms. The Kier molecular flexibility index (Phi) is 6.30. The Morgan fingerprint density at radius 2 is 1.83 bits per heavy atom. The third-order valence-electron chi connectivity index (χ3n) is 3.76. The van der Waals surface area contributed by atoms with E-state index < -0.39 is 0 Å². The predicted molar refractivity (Wildman–Crippen MR) is 97.0 cm³/mol. The van der Waals surface area contributed by atoms with Crippen LogP contribution in [-0.4, -0.2) is 5.91 Å². The Labute approximate surface area is 143 Å². The molecule has 2 rings (SSSR count). The standard InChI is InChI=1S/C21H24FNO/c1-15(2)13-18-7-10-19(11-8-18)16(3)23-21(24)12-9-17-5-4-6-20(22)14-17/h4-12,14-16H,13H2,1-3H3,(H,23,24)/b12-9+/t16-/m1/s1. The Hall–Kier alpha value is -2.42. The zero-order valence-electron chi connectivity index (χ0n) is 14.4. The first kappa shape index (κ1) is 17.9. The molecule has 126 valence electrons. The van der Waals surface area contributed by atoms with E-state index in [9.17, 15) is 9.18 Å². The lowest BCUT2D eigenvalue weighted by Gasteiger charge is -2.14. The Morgan fingerprint density at radius 1 is 1.12 bits per heavy atom. The molecule has 2 aromatic rings. The van der Waals surface area contributed by atoms with Gasteiger partial charge in [0.25, 0.3) is 0 Å². The molecular formula is C21H24FNO. The fourth-order valence-electron chi connectivity index (χ4n) is 2.54. The minimum absolute atomic E-state index is 0.0808. The number of hydrogen-bond acceptors (Lipinski definition) is 1. The first-order valence-corrected chi connectivity index (χ1v) is 8.27. The molecule has 0 aliphatic carbocycles. The first-order chi connectivity index (χ1) is 11.4. The van der Waals surface area contributed by atoms with Gasteiger partial charge < -0.3 is 5.32 Å². The van der Waals surface area contributed by atoms with Crippen molar-refractivity contribution < 1.29 is 9.18 Å². The van der Waals surface area contributed by atoms with E-state index in [0.717, 1.165) is 12.0 Å². The van der Waals surface area contributed by atoms with Crippen LogP contribution in [0.1, 0.15) is 43.5 Å². The molecule has 0 saturated heterocycles. The van der Waals surface area contributed by atoms with Gasteiger partial charge in [-0.05, 0) is 54.2 Å². The molecule has 0 bridgehead atoms. The molecule has 2 aromatic carbocycles. The average molecular weight is 325 g/mol. The molecule has 0 fully saturated rings. The van der Waals surface area contributed by atoms with Crippen LogP contribution in [0.25, 0.3) is 6.08 Å². The van der Waals surface area contributed by atoms with Crippen molar-refractivity contribution in [3.8, 4) is 0 Å². The maximum absolute atomic E-state index is 13.1. The second kappa shape index (κ2) is 8.44. The van der Waals surface area contributed by atoms with Gasteiger partial charge >= 0.3 is 0 Å². The Balaban J connectivity index is 1.93. The van der Waals surface area contributed by atoms with Gasteiger partial charge in [0, 0.05) is 6.08 Å². The second-order valence-electron chi connectivity index (χ2n) is 6.46. The number of rotatable bonds is 6. The van der Waals surface area contributed by atoms with Crippen molar-refractivity contribution in [1.82, 2.24) is 5.32 Å². The van der Waals surface area contributed by atoms with Crippen LogP contribution in [0.3, 0.4) is 0 Å². The zero-order chi connectivity index (χ0) is 17.5. The lowest BCUT2D eigenvalue weighted by molar-refractivity contribution is -0.117. The van der Waals surface area contributed by atoms with Gasteiger partial charge in [-0.3, -0.25) is 4.79 Å². The quantitative estimate of drug-likeness (QED) is 0.751. The molecule has 0 aromatic heterocycles. The minimum atomic E-state index is -0.313. The largest absolute Gasteiger partial charge is 0.346 e. The molecule has 0 aliphatic rings. The van der Waals surface area contributed by atoms with Crippen molar-refractivity contribution >= 4 is 12.0 Å². The molecule has 0 unspecified atom stereocenters. The van der Waals surface area contributed by atoms with Crippen LogP contribution in [-0.2, 0) is 11.2 Å². The van der Waals surface area contributed by atoms with Gasteiger partial charge in [0.1, 0.15) is 5.82 Å². The van der Waals surface area contributed by atoms with E-state index in [4.69, 9.17) is 0 Å². The van der Waals surface area contributed by atoms with Gasteiger partial charge in [-0.25, -0.2) is 4.39 Å². The van der Waals surface area contributed by atoms with Crippen LogP contribution in [0.4, 0.5) is 4.39 Å². The summed E-state index contributed by atoms with van der Waals surface area (Å²) < 4.78 is 13.1. The van der Waals surface area contributed by atoms with Crippen LogP contribution in [0, 0.1) is 11.7 Å². The lowest BCUT2D eigenvalue weighted by Crippen LogP contribution is -2.24. The molecule has 0 heterocycles. The van der Waals surface area contributed by atoms with Gasteiger partial charge in [0.15, 0.2) is 0 Å². The second-order valence-corrected chi connectivity index (χ2v) is 6.46. The normalized spacial score (nSPS) is 12.5.